The van der Waals surface area contributed by atoms with Crippen molar-refractivity contribution in [3.05, 3.63) is 80.9 Å². The van der Waals surface area contributed by atoms with Gasteiger partial charge in [0.2, 0.25) is 5.91 Å². The summed E-state index contributed by atoms with van der Waals surface area (Å²) in [5.41, 5.74) is 11.2. The molecule has 0 atom stereocenters. The maximum absolute atomic E-state index is 12.1. The molecular weight excluding hydrogens is 471 g/mol. The third-order valence-electron chi connectivity index (χ3n) is 5.58. The van der Waals surface area contributed by atoms with E-state index in [-0.39, 0.29) is 5.91 Å². The molecule has 3 nitrogen and oxygen atoms in total. The molecule has 0 radical (unpaired) electrons. The molecule has 0 aliphatic heterocycles. The second kappa shape index (κ2) is 8.57. The Bertz CT molecular complexity index is 1190. The number of aryl methyl sites for hydroxylation is 1. The summed E-state index contributed by atoms with van der Waals surface area (Å²) in [5, 5.41) is 2.06. The topological polar surface area (TPSA) is 48.0 Å². The number of primary amides is 1. The molecule has 2 N–H and O–H groups in total. The van der Waals surface area contributed by atoms with E-state index in [2.05, 4.69) is 82.6 Å². The highest BCUT2D eigenvalue weighted by molar-refractivity contribution is 14.1. The van der Waals surface area contributed by atoms with Gasteiger partial charge in [0.15, 0.2) is 0 Å². The first-order valence-corrected chi connectivity index (χ1v) is 11.2. The fraction of sp³-hybridized carbons (Fsp3) is 0.240. The fourth-order valence-electron chi connectivity index (χ4n) is 4.10. The summed E-state index contributed by atoms with van der Waals surface area (Å²) in [6.07, 6.45) is 4.74. The Morgan fingerprint density at radius 2 is 1.83 bits per heavy atom. The van der Waals surface area contributed by atoms with Crippen LogP contribution in [0.5, 0.6) is 0 Å². The minimum atomic E-state index is -0.379. The number of carbonyl (C=O) groups is 1. The van der Waals surface area contributed by atoms with Crippen molar-refractivity contribution in [1.29, 1.82) is 0 Å². The Morgan fingerprint density at radius 3 is 2.59 bits per heavy atom. The molecule has 148 valence electrons. The zero-order valence-electron chi connectivity index (χ0n) is 16.6. The quantitative estimate of drug-likeness (QED) is 0.238. The van der Waals surface area contributed by atoms with Crippen LogP contribution in [0.4, 0.5) is 0 Å². The molecule has 0 unspecified atom stereocenters. The summed E-state index contributed by atoms with van der Waals surface area (Å²) < 4.78 is 3.57. The molecular formula is C25H25IN2O. The highest BCUT2D eigenvalue weighted by Crippen LogP contribution is 2.33. The van der Waals surface area contributed by atoms with Crippen LogP contribution in [0.25, 0.3) is 21.8 Å². The lowest BCUT2D eigenvalue weighted by atomic mass is 10.0. The number of hydrogen-bond donors (Lipinski definition) is 1. The van der Waals surface area contributed by atoms with Gasteiger partial charge in [0.05, 0.1) is 5.52 Å². The molecule has 0 aliphatic carbocycles. The van der Waals surface area contributed by atoms with Crippen molar-refractivity contribution in [2.75, 3.05) is 0 Å². The van der Waals surface area contributed by atoms with Crippen molar-refractivity contribution in [2.45, 2.75) is 39.2 Å². The van der Waals surface area contributed by atoms with E-state index in [1.165, 1.54) is 39.5 Å². The normalized spacial score (nSPS) is 11.4. The number of nitrogens with two attached hydrogens (primary N) is 1. The van der Waals surface area contributed by atoms with Crippen LogP contribution < -0.4 is 5.73 Å². The molecule has 0 spiro atoms. The monoisotopic (exact) mass is 496 g/mol. The van der Waals surface area contributed by atoms with Gasteiger partial charge in [0.1, 0.15) is 0 Å². The number of halogens is 1. The lowest BCUT2D eigenvalue weighted by Gasteiger charge is -2.10. The number of nitrogens with zero attached hydrogens (tertiary/aromatic N) is 1. The highest BCUT2D eigenvalue weighted by atomic mass is 127. The molecule has 1 aromatic heterocycles. The first kappa shape index (κ1) is 20.0. The minimum absolute atomic E-state index is 0.379. The van der Waals surface area contributed by atoms with Crippen molar-refractivity contribution in [3.63, 3.8) is 0 Å². The van der Waals surface area contributed by atoms with E-state index in [0.717, 1.165) is 29.3 Å². The van der Waals surface area contributed by atoms with Crippen LogP contribution >= 0.6 is 22.6 Å². The van der Waals surface area contributed by atoms with Gasteiger partial charge < -0.3 is 10.3 Å². The first-order chi connectivity index (χ1) is 14.1. The van der Waals surface area contributed by atoms with Crippen molar-refractivity contribution < 1.29 is 4.79 Å². The van der Waals surface area contributed by atoms with Crippen molar-refractivity contribution in [1.82, 2.24) is 4.57 Å². The van der Waals surface area contributed by atoms with Gasteiger partial charge >= 0.3 is 0 Å². The molecule has 0 bridgehead atoms. The number of hydrogen-bond acceptors (Lipinski definition) is 1. The van der Waals surface area contributed by atoms with Crippen LogP contribution in [-0.4, -0.2) is 10.5 Å². The molecule has 1 heterocycles. The zero-order chi connectivity index (χ0) is 20.4. The van der Waals surface area contributed by atoms with E-state index in [9.17, 15) is 4.79 Å². The molecule has 4 heteroatoms. The molecule has 3 aromatic carbocycles. The lowest BCUT2D eigenvalue weighted by molar-refractivity contribution is 0.100. The summed E-state index contributed by atoms with van der Waals surface area (Å²) in [7, 11) is 0. The van der Waals surface area contributed by atoms with Crippen LogP contribution in [0.1, 0.15) is 47.7 Å². The molecule has 0 saturated heterocycles. The van der Waals surface area contributed by atoms with Gasteiger partial charge in [-0.15, -0.1) is 0 Å². The molecule has 0 saturated carbocycles. The smallest absolute Gasteiger partial charge is 0.249 e. The largest absolute Gasteiger partial charge is 0.366 e. The Labute approximate surface area is 185 Å². The van der Waals surface area contributed by atoms with Gasteiger partial charge in [-0.3, -0.25) is 4.79 Å². The summed E-state index contributed by atoms with van der Waals surface area (Å²) in [5.74, 6) is -0.379. The van der Waals surface area contributed by atoms with Gasteiger partial charge in [0.25, 0.3) is 0 Å². The number of carbonyl (C=O) groups excluding carboxylic acids is 1. The van der Waals surface area contributed by atoms with E-state index in [1.807, 2.05) is 12.1 Å². The Kier molecular flexibility index (Phi) is 5.90. The van der Waals surface area contributed by atoms with Crippen molar-refractivity contribution in [2.24, 2.45) is 5.73 Å². The summed E-state index contributed by atoms with van der Waals surface area (Å²) in [4.78, 5) is 12.1. The van der Waals surface area contributed by atoms with E-state index in [0.29, 0.717) is 5.56 Å². The second-order valence-corrected chi connectivity index (χ2v) is 8.71. The lowest BCUT2D eigenvalue weighted by Crippen LogP contribution is -2.11. The maximum Gasteiger partial charge on any atom is 0.249 e. The Balaban J connectivity index is 1.94. The van der Waals surface area contributed by atoms with Crippen molar-refractivity contribution >= 4 is 50.3 Å². The van der Waals surface area contributed by atoms with Crippen LogP contribution in [0, 0.1) is 3.57 Å². The third kappa shape index (κ3) is 3.90. The van der Waals surface area contributed by atoms with Gasteiger partial charge in [-0.1, -0.05) is 56.2 Å². The predicted molar refractivity (Wildman–Crippen MR) is 129 cm³/mol. The van der Waals surface area contributed by atoms with Crippen LogP contribution in [0.2, 0.25) is 0 Å². The van der Waals surface area contributed by atoms with Gasteiger partial charge in [-0.2, -0.15) is 0 Å². The third-order valence-corrected chi connectivity index (χ3v) is 6.63. The number of amides is 1. The van der Waals surface area contributed by atoms with Gasteiger partial charge in [-0.05, 0) is 70.8 Å². The number of fused-ring (bicyclic) bond motifs is 3. The molecule has 4 rings (SSSR count). The van der Waals surface area contributed by atoms with Gasteiger partial charge in [0, 0.05) is 32.0 Å². The molecule has 29 heavy (non-hydrogen) atoms. The number of unbranched alkanes of at least 4 members (excludes halogenated alkanes) is 2. The maximum atomic E-state index is 12.1. The first-order valence-electron chi connectivity index (χ1n) is 10.2. The summed E-state index contributed by atoms with van der Waals surface area (Å²) in [6, 6.07) is 21.0. The molecule has 4 aromatic rings. The number of rotatable bonds is 7. The predicted octanol–water partition coefficient (Wildman–Crippen LogP) is 6.28. The molecule has 0 aliphatic rings. The standard InChI is InChI=1S/C25H25IN2O/c1-2-3-4-8-17-13-14-19-23(15-17)28(16-18-9-5-6-11-21(18)26)22-12-7-10-20(24(19)22)25(27)29/h5-7,9-15H,2-4,8,16H2,1H3,(H2,27,29). The van der Waals surface area contributed by atoms with Crippen LogP contribution in [0.3, 0.4) is 0 Å². The van der Waals surface area contributed by atoms with Gasteiger partial charge in [-0.25, -0.2) is 0 Å². The van der Waals surface area contributed by atoms with Crippen LogP contribution in [-0.2, 0) is 13.0 Å². The highest BCUT2D eigenvalue weighted by Gasteiger charge is 2.17. The molecule has 1 amide bonds. The second-order valence-electron chi connectivity index (χ2n) is 7.55. The molecule has 0 fully saturated rings. The number of benzene rings is 3. The summed E-state index contributed by atoms with van der Waals surface area (Å²) in [6.45, 7) is 2.99. The Morgan fingerprint density at radius 1 is 1.00 bits per heavy atom. The van der Waals surface area contributed by atoms with E-state index in [1.54, 1.807) is 0 Å². The fourth-order valence-corrected chi connectivity index (χ4v) is 4.66. The van der Waals surface area contributed by atoms with Crippen molar-refractivity contribution in [3.8, 4) is 0 Å². The number of aromatic nitrogens is 1. The minimum Gasteiger partial charge on any atom is -0.366 e. The van der Waals surface area contributed by atoms with E-state index in [4.69, 9.17) is 5.73 Å². The Hall–Kier alpha value is -2.34. The van der Waals surface area contributed by atoms with Crippen LogP contribution in [0.15, 0.2) is 60.7 Å². The SMILES string of the molecule is CCCCCc1ccc2c3c(C(N)=O)cccc3n(Cc3ccccc3I)c2c1. The van der Waals surface area contributed by atoms with E-state index >= 15 is 0 Å². The summed E-state index contributed by atoms with van der Waals surface area (Å²) >= 11 is 2.39. The average Bonchev–Trinajstić information content (AvgIpc) is 3.03. The average molecular weight is 496 g/mol. The van der Waals surface area contributed by atoms with E-state index < -0.39 is 0 Å². The zero-order valence-corrected chi connectivity index (χ0v) is 18.8.